The van der Waals surface area contributed by atoms with Crippen LogP contribution in [0.1, 0.15) is 31.4 Å². The standard InChI is InChI=1S/C17H26N4O2/c1-13-6-3-8-15(19-13)20-17(23)14-7-5-11-21(12-14)16(22)9-4-10-18-2/h3,6,8,14,18H,4-5,7,9-12H2,1-2H3,(H,19,20,23). The Labute approximate surface area is 137 Å². The normalized spacial score (nSPS) is 17.8. The Balaban J connectivity index is 1.87. The number of aryl methyl sites for hydroxylation is 1. The van der Waals surface area contributed by atoms with Crippen LogP contribution in [0, 0.1) is 12.8 Å². The second-order valence-electron chi connectivity index (χ2n) is 6.04. The number of anilines is 1. The molecule has 0 bridgehead atoms. The maximum atomic E-state index is 12.4. The van der Waals surface area contributed by atoms with Crippen LogP contribution < -0.4 is 10.6 Å². The molecule has 6 nitrogen and oxygen atoms in total. The van der Waals surface area contributed by atoms with Crippen LogP contribution >= 0.6 is 0 Å². The molecule has 1 fully saturated rings. The fourth-order valence-electron chi connectivity index (χ4n) is 2.83. The first-order valence-corrected chi connectivity index (χ1v) is 8.27. The number of amides is 2. The number of nitrogens with zero attached hydrogens (tertiary/aromatic N) is 2. The number of likely N-dealkylation sites (tertiary alicyclic amines) is 1. The minimum absolute atomic E-state index is 0.0455. The van der Waals surface area contributed by atoms with Crippen molar-refractivity contribution >= 4 is 17.6 Å². The van der Waals surface area contributed by atoms with Crippen LogP contribution in [0.5, 0.6) is 0 Å². The van der Waals surface area contributed by atoms with Gasteiger partial charge in [-0.05, 0) is 51.9 Å². The fraction of sp³-hybridized carbons (Fsp3) is 0.588. The number of carbonyl (C=O) groups is 2. The molecule has 0 saturated carbocycles. The number of carbonyl (C=O) groups excluding carboxylic acids is 2. The lowest BCUT2D eigenvalue weighted by molar-refractivity contribution is -0.134. The van der Waals surface area contributed by atoms with E-state index < -0.39 is 0 Å². The maximum Gasteiger partial charge on any atom is 0.230 e. The smallest absolute Gasteiger partial charge is 0.230 e. The molecule has 6 heteroatoms. The van der Waals surface area contributed by atoms with Gasteiger partial charge in [-0.3, -0.25) is 9.59 Å². The second-order valence-corrected chi connectivity index (χ2v) is 6.04. The van der Waals surface area contributed by atoms with Crippen LogP contribution in [0.25, 0.3) is 0 Å². The van der Waals surface area contributed by atoms with Crippen molar-refractivity contribution in [2.45, 2.75) is 32.6 Å². The van der Waals surface area contributed by atoms with Crippen molar-refractivity contribution in [2.75, 3.05) is 32.0 Å². The van der Waals surface area contributed by atoms with Gasteiger partial charge in [0.05, 0.1) is 5.92 Å². The van der Waals surface area contributed by atoms with Crippen molar-refractivity contribution in [2.24, 2.45) is 5.92 Å². The van der Waals surface area contributed by atoms with Gasteiger partial charge in [-0.15, -0.1) is 0 Å². The van der Waals surface area contributed by atoms with Gasteiger partial charge in [0.15, 0.2) is 0 Å². The molecular formula is C17H26N4O2. The Bertz CT molecular complexity index is 547. The highest BCUT2D eigenvalue weighted by atomic mass is 16.2. The molecule has 126 valence electrons. The molecule has 2 rings (SSSR count). The molecule has 0 aliphatic carbocycles. The summed E-state index contributed by atoms with van der Waals surface area (Å²) in [7, 11) is 1.88. The van der Waals surface area contributed by atoms with Crippen molar-refractivity contribution in [1.82, 2.24) is 15.2 Å². The first-order valence-electron chi connectivity index (χ1n) is 8.27. The summed E-state index contributed by atoms with van der Waals surface area (Å²) in [5.41, 5.74) is 0.868. The quantitative estimate of drug-likeness (QED) is 0.781. The number of hydrogen-bond acceptors (Lipinski definition) is 4. The number of piperidine rings is 1. The molecule has 1 aliphatic heterocycles. The van der Waals surface area contributed by atoms with Crippen molar-refractivity contribution in [3.8, 4) is 0 Å². The van der Waals surface area contributed by atoms with Crippen LogP contribution in [0.2, 0.25) is 0 Å². The first-order chi connectivity index (χ1) is 11.1. The lowest BCUT2D eigenvalue weighted by atomic mass is 9.96. The number of aromatic nitrogens is 1. The number of pyridine rings is 1. The number of rotatable bonds is 6. The minimum atomic E-state index is -0.153. The number of hydrogen-bond donors (Lipinski definition) is 2. The van der Waals surface area contributed by atoms with E-state index in [0.29, 0.717) is 18.8 Å². The van der Waals surface area contributed by atoms with Gasteiger partial charge >= 0.3 is 0 Å². The Morgan fingerprint density at radius 3 is 2.96 bits per heavy atom. The van der Waals surface area contributed by atoms with Crippen LogP contribution in [0.3, 0.4) is 0 Å². The van der Waals surface area contributed by atoms with Crippen molar-refractivity contribution < 1.29 is 9.59 Å². The highest BCUT2D eigenvalue weighted by Gasteiger charge is 2.28. The van der Waals surface area contributed by atoms with E-state index in [4.69, 9.17) is 0 Å². The van der Waals surface area contributed by atoms with Crippen molar-refractivity contribution in [1.29, 1.82) is 0 Å². The third-order valence-electron chi connectivity index (χ3n) is 4.10. The van der Waals surface area contributed by atoms with Gasteiger partial charge in [0.2, 0.25) is 11.8 Å². The van der Waals surface area contributed by atoms with Crippen LogP contribution in [-0.4, -0.2) is 48.4 Å². The average molecular weight is 318 g/mol. The summed E-state index contributed by atoms with van der Waals surface area (Å²) >= 11 is 0. The first kappa shape index (κ1) is 17.4. The zero-order valence-corrected chi connectivity index (χ0v) is 14.0. The van der Waals surface area contributed by atoms with Gasteiger partial charge in [-0.25, -0.2) is 4.98 Å². The van der Waals surface area contributed by atoms with Crippen LogP contribution in [-0.2, 0) is 9.59 Å². The second kappa shape index (κ2) is 8.62. The van der Waals surface area contributed by atoms with Gasteiger partial charge < -0.3 is 15.5 Å². The molecule has 2 N–H and O–H groups in total. The van der Waals surface area contributed by atoms with Gasteiger partial charge in [-0.1, -0.05) is 6.07 Å². The molecular weight excluding hydrogens is 292 g/mol. The van der Waals surface area contributed by atoms with E-state index in [1.165, 1.54) is 0 Å². The average Bonchev–Trinajstić information content (AvgIpc) is 2.55. The van der Waals surface area contributed by atoms with Gasteiger partial charge in [0.1, 0.15) is 5.82 Å². The monoisotopic (exact) mass is 318 g/mol. The lowest BCUT2D eigenvalue weighted by Gasteiger charge is -2.32. The molecule has 1 unspecified atom stereocenters. The molecule has 0 radical (unpaired) electrons. The fourth-order valence-corrected chi connectivity index (χ4v) is 2.83. The molecule has 1 saturated heterocycles. The summed E-state index contributed by atoms with van der Waals surface area (Å²) in [6.07, 6.45) is 3.06. The summed E-state index contributed by atoms with van der Waals surface area (Å²) in [6.45, 7) is 3.99. The lowest BCUT2D eigenvalue weighted by Crippen LogP contribution is -2.43. The molecule has 1 atom stereocenters. The van der Waals surface area contributed by atoms with E-state index in [9.17, 15) is 9.59 Å². The van der Waals surface area contributed by atoms with E-state index in [1.807, 2.05) is 31.0 Å². The molecule has 0 spiro atoms. The summed E-state index contributed by atoms with van der Waals surface area (Å²) < 4.78 is 0. The zero-order chi connectivity index (χ0) is 16.7. The van der Waals surface area contributed by atoms with E-state index in [-0.39, 0.29) is 17.7 Å². The third kappa shape index (κ3) is 5.32. The zero-order valence-electron chi connectivity index (χ0n) is 14.0. The molecule has 1 aromatic rings. The highest BCUT2D eigenvalue weighted by Crippen LogP contribution is 2.19. The van der Waals surface area contributed by atoms with E-state index in [1.54, 1.807) is 6.07 Å². The molecule has 1 aromatic heterocycles. The van der Waals surface area contributed by atoms with Gasteiger partial charge in [-0.2, -0.15) is 0 Å². The van der Waals surface area contributed by atoms with Gasteiger partial charge in [0.25, 0.3) is 0 Å². The van der Waals surface area contributed by atoms with E-state index in [0.717, 1.165) is 38.0 Å². The Hall–Kier alpha value is -1.95. The van der Waals surface area contributed by atoms with Crippen LogP contribution in [0.4, 0.5) is 5.82 Å². The molecule has 2 heterocycles. The predicted octanol–water partition coefficient (Wildman–Crippen LogP) is 1.57. The van der Waals surface area contributed by atoms with Gasteiger partial charge in [0, 0.05) is 25.2 Å². The highest BCUT2D eigenvalue weighted by molar-refractivity contribution is 5.92. The third-order valence-corrected chi connectivity index (χ3v) is 4.10. The topological polar surface area (TPSA) is 74.3 Å². The van der Waals surface area contributed by atoms with E-state index >= 15 is 0 Å². The van der Waals surface area contributed by atoms with Crippen molar-refractivity contribution in [3.05, 3.63) is 23.9 Å². The molecule has 0 aromatic carbocycles. The largest absolute Gasteiger partial charge is 0.342 e. The predicted molar refractivity (Wildman–Crippen MR) is 90.1 cm³/mol. The Kier molecular flexibility index (Phi) is 6.52. The van der Waals surface area contributed by atoms with Crippen LogP contribution in [0.15, 0.2) is 18.2 Å². The summed E-state index contributed by atoms with van der Waals surface area (Å²) in [4.78, 5) is 30.7. The molecule has 2 amide bonds. The van der Waals surface area contributed by atoms with Crippen molar-refractivity contribution in [3.63, 3.8) is 0 Å². The Morgan fingerprint density at radius 1 is 1.39 bits per heavy atom. The summed E-state index contributed by atoms with van der Waals surface area (Å²) in [5, 5.41) is 5.91. The molecule has 23 heavy (non-hydrogen) atoms. The Morgan fingerprint density at radius 2 is 2.22 bits per heavy atom. The maximum absolute atomic E-state index is 12.4. The summed E-state index contributed by atoms with van der Waals surface area (Å²) in [5.74, 6) is 0.522. The molecule has 1 aliphatic rings. The number of nitrogens with one attached hydrogen (secondary N) is 2. The SMILES string of the molecule is CNCCCC(=O)N1CCCC(C(=O)Nc2cccc(C)n2)C1. The van der Waals surface area contributed by atoms with E-state index in [2.05, 4.69) is 15.6 Å². The summed E-state index contributed by atoms with van der Waals surface area (Å²) in [6, 6.07) is 5.55. The minimum Gasteiger partial charge on any atom is -0.342 e.